The molecule has 15 unspecified atom stereocenters. The number of hydrogen-bond acceptors (Lipinski definition) is 3. The minimum Gasteiger partial charge on any atom is -0.374 e. The van der Waals surface area contributed by atoms with Gasteiger partial charge in [-0.2, -0.15) is 11.8 Å². The lowest BCUT2D eigenvalue weighted by atomic mass is 9.62. The van der Waals surface area contributed by atoms with Crippen LogP contribution in [0.2, 0.25) is 0 Å². The minimum atomic E-state index is 0.615. The Hall–Kier alpha value is 0.270. The maximum Gasteiger partial charge on any atom is 0.0621 e. The first kappa shape index (κ1) is 36.4. The SMILES string of the molecule is C1CCC2CC(C3CCC(N(C4CCC(C5CCC6CCCCC6C5)CC4)C4CCCC5C6CCC7OC8CCCCC8C7C6SC54)CC3)CCC2C1. The van der Waals surface area contributed by atoms with Crippen molar-refractivity contribution in [2.45, 2.75) is 240 Å². The van der Waals surface area contributed by atoms with E-state index in [1.807, 2.05) is 0 Å². The molecule has 2 heterocycles. The van der Waals surface area contributed by atoms with Crippen LogP contribution in [0, 0.1) is 71.0 Å². The number of hydrogen-bond donors (Lipinski definition) is 0. The average molecular weight is 744 g/mol. The summed E-state index contributed by atoms with van der Waals surface area (Å²) < 4.78 is 6.95. The molecule has 2 saturated heterocycles. The summed E-state index contributed by atoms with van der Waals surface area (Å²) in [5.41, 5.74) is 0. The Morgan fingerprint density at radius 1 is 0.340 bits per heavy atom. The van der Waals surface area contributed by atoms with Crippen molar-refractivity contribution in [2.24, 2.45) is 71.0 Å². The van der Waals surface area contributed by atoms with Gasteiger partial charge in [0.15, 0.2) is 0 Å². The topological polar surface area (TPSA) is 12.5 Å². The number of thioether (sulfide) groups is 1. The molecule has 298 valence electrons. The van der Waals surface area contributed by atoms with Gasteiger partial charge in [-0.15, -0.1) is 0 Å². The fourth-order valence-electron chi connectivity index (χ4n) is 18.1. The molecular weight excluding hydrogens is 663 g/mol. The van der Waals surface area contributed by atoms with E-state index in [0.29, 0.717) is 12.2 Å². The molecule has 0 N–H and O–H groups in total. The molecule has 11 rings (SSSR count). The first-order valence-electron chi connectivity index (χ1n) is 25.3. The van der Waals surface area contributed by atoms with E-state index >= 15 is 0 Å². The highest BCUT2D eigenvalue weighted by molar-refractivity contribution is 8.00. The predicted molar refractivity (Wildman–Crippen MR) is 222 cm³/mol. The standard InChI is InChI=1S/C50H81NOS/c1-3-10-36-30-38(18-16-32(36)8-1)34-20-24-40(25-21-34)51(41-26-22-35(23-27-41)39-19-17-33-9-2-4-11-37(33)31-39)45-14-7-13-42-43-28-29-47-48(50(43)53-49(42)45)44-12-5-6-15-46(44)52-47/h32-50H,1-31H2. The van der Waals surface area contributed by atoms with E-state index < -0.39 is 0 Å². The Morgan fingerprint density at radius 3 is 1.45 bits per heavy atom. The second-order valence-electron chi connectivity index (χ2n) is 22.5. The van der Waals surface area contributed by atoms with Gasteiger partial charge in [-0.25, -0.2) is 0 Å². The van der Waals surface area contributed by atoms with Gasteiger partial charge in [0.2, 0.25) is 0 Å². The molecule has 11 aliphatic rings. The van der Waals surface area contributed by atoms with Crippen LogP contribution in [0.15, 0.2) is 0 Å². The van der Waals surface area contributed by atoms with Crippen LogP contribution in [0.4, 0.5) is 0 Å². The summed E-state index contributed by atoms with van der Waals surface area (Å²) in [6.07, 6.45) is 49.1. The smallest absolute Gasteiger partial charge is 0.0621 e. The summed E-state index contributed by atoms with van der Waals surface area (Å²) >= 11 is 2.62. The molecule has 0 aromatic rings. The minimum absolute atomic E-state index is 0.615. The molecule has 3 heteroatoms. The van der Waals surface area contributed by atoms with E-state index in [4.69, 9.17) is 4.74 Å². The largest absolute Gasteiger partial charge is 0.374 e. The molecule has 0 spiro atoms. The third kappa shape index (κ3) is 6.91. The van der Waals surface area contributed by atoms with E-state index in [0.717, 1.165) is 99.6 Å². The Labute approximate surface area is 331 Å². The maximum atomic E-state index is 6.95. The van der Waals surface area contributed by atoms with Crippen LogP contribution in [0.1, 0.15) is 199 Å². The Bertz CT molecular complexity index is 1170. The van der Waals surface area contributed by atoms with E-state index in [1.165, 1.54) is 64.2 Å². The second kappa shape index (κ2) is 15.8. The van der Waals surface area contributed by atoms with Crippen molar-refractivity contribution in [3.05, 3.63) is 0 Å². The van der Waals surface area contributed by atoms with Gasteiger partial charge in [0.1, 0.15) is 0 Å². The fourth-order valence-corrected chi connectivity index (χ4v) is 20.5. The van der Waals surface area contributed by atoms with Crippen LogP contribution < -0.4 is 0 Å². The van der Waals surface area contributed by atoms with Crippen LogP contribution in [0.5, 0.6) is 0 Å². The molecule has 2 aliphatic heterocycles. The van der Waals surface area contributed by atoms with Crippen molar-refractivity contribution in [2.75, 3.05) is 0 Å². The second-order valence-corrected chi connectivity index (χ2v) is 23.9. The zero-order valence-corrected chi connectivity index (χ0v) is 35.0. The molecule has 2 nitrogen and oxygen atoms in total. The number of rotatable bonds is 5. The van der Waals surface area contributed by atoms with Crippen LogP contribution in [-0.4, -0.2) is 45.7 Å². The first-order valence-corrected chi connectivity index (χ1v) is 26.3. The van der Waals surface area contributed by atoms with E-state index in [-0.39, 0.29) is 0 Å². The van der Waals surface area contributed by atoms with Crippen molar-refractivity contribution < 1.29 is 4.74 Å². The van der Waals surface area contributed by atoms with Crippen molar-refractivity contribution in [1.29, 1.82) is 0 Å². The molecule has 9 saturated carbocycles. The van der Waals surface area contributed by atoms with Crippen LogP contribution >= 0.6 is 11.8 Å². The average Bonchev–Trinajstić information content (AvgIpc) is 3.80. The molecule has 15 atom stereocenters. The molecule has 0 amide bonds. The van der Waals surface area contributed by atoms with Gasteiger partial charge in [-0.3, -0.25) is 4.90 Å². The van der Waals surface area contributed by atoms with Crippen LogP contribution in [-0.2, 0) is 4.74 Å². The summed E-state index contributed by atoms with van der Waals surface area (Å²) in [5.74, 6) is 12.5. The van der Waals surface area contributed by atoms with Crippen molar-refractivity contribution in [3.8, 4) is 0 Å². The van der Waals surface area contributed by atoms with Crippen molar-refractivity contribution in [3.63, 3.8) is 0 Å². The molecule has 0 bridgehead atoms. The van der Waals surface area contributed by atoms with Gasteiger partial charge in [-0.05, 0) is 194 Å². The van der Waals surface area contributed by atoms with Crippen LogP contribution in [0.25, 0.3) is 0 Å². The Kier molecular flexibility index (Phi) is 10.8. The number of fused-ring (bicyclic) bond motifs is 9. The quantitative estimate of drug-likeness (QED) is 0.278. The summed E-state index contributed by atoms with van der Waals surface area (Å²) in [7, 11) is 0. The summed E-state index contributed by atoms with van der Waals surface area (Å²) in [6.45, 7) is 0. The summed E-state index contributed by atoms with van der Waals surface area (Å²) in [4.78, 5) is 3.44. The van der Waals surface area contributed by atoms with Crippen LogP contribution in [0.3, 0.4) is 0 Å². The van der Waals surface area contributed by atoms with Gasteiger partial charge in [0.05, 0.1) is 12.2 Å². The molecule has 0 radical (unpaired) electrons. The Balaban J connectivity index is 0.807. The summed E-state index contributed by atoms with van der Waals surface area (Å²) in [5, 5.41) is 1.86. The van der Waals surface area contributed by atoms with E-state index in [1.54, 1.807) is 135 Å². The van der Waals surface area contributed by atoms with E-state index in [2.05, 4.69) is 16.7 Å². The third-order valence-electron chi connectivity index (χ3n) is 20.5. The molecule has 53 heavy (non-hydrogen) atoms. The van der Waals surface area contributed by atoms with Crippen molar-refractivity contribution in [1.82, 2.24) is 4.90 Å². The normalized spacial score (nSPS) is 54.2. The van der Waals surface area contributed by atoms with Gasteiger partial charge >= 0.3 is 0 Å². The van der Waals surface area contributed by atoms with Crippen molar-refractivity contribution >= 4 is 11.8 Å². The van der Waals surface area contributed by atoms with Gasteiger partial charge in [0, 0.05) is 34.5 Å². The van der Waals surface area contributed by atoms with E-state index in [9.17, 15) is 0 Å². The fraction of sp³-hybridized carbons (Fsp3) is 1.00. The monoisotopic (exact) mass is 744 g/mol. The zero-order chi connectivity index (χ0) is 34.9. The lowest BCUT2D eigenvalue weighted by molar-refractivity contribution is -0.0203. The lowest BCUT2D eigenvalue weighted by Gasteiger charge is -2.53. The predicted octanol–water partition coefficient (Wildman–Crippen LogP) is 13.3. The maximum absolute atomic E-state index is 6.95. The summed E-state index contributed by atoms with van der Waals surface area (Å²) in [6, 6.07) is 2.67. The number of ether oxygens (including phenoxy) is 1. The third-order valence-corrected chi connectivity index (χ3v) is 22.5. The molecule has 9 aliphatic carbocycles. The molecule has 0 aromatic heterocycles. The number of nitrogens with zero attached hydrogens (tertiary/aromatic N) is 1. The van der Waals surface area contributed by atoms with Gasteiger partial charge in [0.25, 0.3) is 0 Å². The highest BCUT2D eigenvalue weighted by atomic mass is 32.2. The van der Waals surface area contributed by atoms with Gasteiger partial charge < -0.3 is 4.74 Å². The molecular formula is C50H81NOS. The molecule has 11 fully saturated rings. The Morgan fingerprint density at radius 2 is 0.811 bits per heavy atom. The lowest BCUT2D eigenvalue weighted by Crippen LogP contribution is -2.57. The van der Waals surface area contributed by atoms with Gasteiger partial charge in [-0.1, -0.05) is 70.6 Å². The molecule has 0 aromatic carbocycles. The highest BCUT2D eigenvalue weighted by Gasteiger charge is 2.60. The first-order chi connectivity index (χ1) is 26.2. The highest BCUT2D eigenvalue weighted by Crippen LogP contribution is 2.62. The zero-order valence-electron chi connectivity index (χ0n) is 34.2.